The molecular weight excluding hydrogens is 299 g/mol. The van der Waals surface area contributed by atoms with Gasteiger partial charge in [-0.3, -0.25) is 4.79 Å². The molecule has 112 valence electrons. The largest absolute Gasteiger partial charge is 0.481 e. The quantitative estimate of drug-likeness (QED) is 0.903. The number of rotatable bonds is 3. The van der Waals surface area contributed by atoms with Crippen molar-refractivity contribution in [3.8, 4) is 6.07 Å². The molecule has 1 aromatic rings. The Balaban J connectivity index is 2.41. The van der Waals surface area contributed by atoms with Crippen molar-refractivity contribution in [2.24, 2.45) is 5.92 Å². The summed E-state index contributed by atoms with van der Waals surface area (Å²) in [7, 11) is -4.09. The van der Waals surface area contributed by atoms with E-state index in [4.69, 9.17) is 10.4 Å². The monoisotopic (exact) mass is 312 g/mol. The molecule has 1 aromatic carbocycles. The molecule has 1 aliphatic heterocycles. The summed E-state index contributed by atoms with van der Waals surface area (Å²) in [5.41, 5.74) is -0.546. The molecule has 0 aromatic heterocycles. The molecule has 1 N–H and O–H groups in total. The molecule has 1 atom stereocenters. The van der Waals surface area contributed by atoms with Gasteiger partial charge in [-0.1, -0.05) is 6.07 Å². The average Bonchev–Trinajstić information content (AvgIpc) is 2.47. The second kappa shape index (κ2) is 5.79. The summed E-state index contributed by atoms with van der Waals surface area (Å²) < 4.78 is 39.6. The van der Waals surface area contributed by atoms with Crippen LogP contribution in [0.5, 0.6) is 0 Å². The van der Waals surface area contributed by atoms with Crippen LogP contribution >= 0.6 is 0 Å². The van der Waals surface area contributed by atoms with E-state index in [1.807, 2.05) is 0 Å². The average molecular weight is 312 g/mol. The highest BCUT2D eigenvalue weighted by Gasteiger charge is 2.34. The summed E-state index contributed by atoms with van der Waals surface area (Å²) >= 11 is 0. The third kappa shape index (κ3) is 2.89. The van der Waals surface area contributed by atoms with Gasteiger partial charge in [0, 0.05) is 13.1 Å². The molecule has 0 bridgehead atoms. The smallest absolute Gasteiger partial charge is 0.307 e. The SMILES string of the molecule is N#Cc1c(F)cccc1S(=O)(=O)N1CCCC(C(=O)O)C1. The second-order valence-corrected chi connectivity index (χ2v) is 6.67. The van der Waals surface area contributed by atoms with Crippen LogP contribution in [0.1, 0.15) is 18.4 Å². The minimum absolute atomic E-state index is 0.160. The van der Waals surface area contributed by atoms with Crippen LogP contribution in [-0.2, 0) is 14.8 Å². The minimum atomic E-state index is -4.09. The Bertz CT molecular complexity index is 711. The molecule has 1 saturated heterocycles. The normalized spacial score (nSPS) is 19.9. The summed E-state index contributed by atoms with van der Waals surface area (Å²) in [6.07, 6.45) is 0.809. The number of nitriles is 1. The van der Waals surface area contributed by atoms with Gasteiger partial charge in [-0.25, -0.2) is 12.8 Å². The van der Waals surface area contributed by atoms with Gasteiger partial charge in [0.15, 0.2) is 0 Å². The van der Waals surface area contributed by atoms with Crippen molar-refractivity contribution < 1.29 is 22.7 Å². The van der Waals surface area contributed by atoms with E-state index in [0.29, 0.717) is 12.8 Å². The van der Waals surface area contributed by atoms with Gasteiger partial charge in [0.1, 0.15) is 22.3 Å². The molecule has 8 heteroatoms. The molecule has 1 heterocycles. The highest BCUT2D eigenvalue weighted by atomic mass is 32.2. The van der Waals surface area contributed by atoms with Crippen LogP contribution in [0.4, 0.5) is 4.39 Å². The van der Waals surface area contributed by atoms with Crippen LogP contribution in [0.2, 0.25) is 0 Å². The molecule has 0 amide bonds. The summed E-state index contributed by atoms with van der Waals surface area (Å²) in [6.45, 7) is -0.00740. The van der Waals surface area contributed by atoms with Crippen molar-refractivity contribution in [1.82, 2.24) is 4.31 Å². The standard InChI is InChI=1S/C13H13FN2O4S/c14-11-4-1-5-12(10(11)7-15)21(19,20)16-6-2-3-9(8-16)13(17)18/h1,4-5,9H,2-3,6,8H2,(H,17,18). The van der Waals surface area contributed by atoms with Crippen molar-refractivity contribution in [2.45, 2.75) is 17.7 Å². The lowest BCUT2D eigenvalue weighted by Gasteiger charge is -2.30. The van der Waals surface area contributed by atoms with Crippen LogP contribution in [-0.4, -0.2) is 36.9 Å². The number of carboxylic acid groups (broad SMARTS) is 1. The van der Waals surface area contributed by atoms with Crippen LogP contribution in [0.3, 0.4) is 0 Å². The summed E-state index contributed by atoms with van der Waals surface area (Å²) in [5.74, 6) is -2.76. The first-order chi connectivity index (χ1) is 9.87. The predicted molar refractivity (Wildman–Crippen MR) is 70.2 cm³/mol. The summed E-state index contributed by atoms with van der Waals surface area (Å²) in [5, 5.41) is 17.9. The Labute approximate surface area is 121 Å². The van der Waals surface area contributed by atoms with Crippen LogP contribution in [0.25, 0.3) is 0 Å². The van der Waals surface area contributed by atoms with E-state index >= 15 is 0 Å². The zero-order valence-electron chi connectivity index (χ0n) is 11.0. The number of hydrogen-bond acceptors (Lipinski definition) is 4. The first-order valence-electron chi connectivity index (χ1n) is 6.29. The first-order valence-corrected chi connectivity index (χ1v) is 7.73. The van der Waals surface area contributed by atoms with Crippen molar-refractivity contribution in [1.29, 1.82) is 5.26 Å². The van der Waals surface area contributed by atoms with E-state index < -0.39 is 38.2 Å². The van der Waals surface area contributed by atoms with Crippen LogP contribution in [0.15, 0.2) is 23.1 Å². The molecule has 21 heavy (non-hydrogen) atoms. The van der Waals surface area contributed by atoms with E-state index in [1.165, 1.54) is 6.07 Å². The fourth-order valence-corrected chi connectivity index (χ4v) is 4.00. The van der Waals surface area contributed by atoms with Crippen molar-refractivity contribution in [3.05, 3.63) is 29.6 Å². The molecule has 6 nitrogen and oxygen atoms in total. The zero-order valence-corrected chi connectivity index (χ0v) is 11.8. The minimum Gasteiger partial charge on any atom is -0.481 e. The van der Waals surface area contributed by atoms with Gasteiger partial charge in [-0.05, 0) is 25.0 Å². The lowest BCUT2D eigenvalue weighted by atomic mass is 10.0. The number of halogens is 1. The number of sulfonamides is 1. The Kier molecular flexibility index (Phi) is 4.25. The maximum atomic E-state index is 13.6. The van der Waals surface area contributed by atoms with Gasteiger partial charge in [0.2, 0.25) is 10.0 Å². The fourth-order valence-electron chi connectivity index (χ4n) is 2.33. The van der Waals surface area contributed by atoms with E-state index in [2.05, 4.69) is 0 Å². The maximum absolute atomic E-state index is 13.6. The summed E-state index contributed by atoms with van der Waals surface area (Å²) in [4.78, 5) is 10.6. The van der Waals surface area contributed by atoms with Gasteiger partial charge in [-0.15, -0.1) is 0 Å². The highest BCUT2D eigenvalue weighted by molar-refractivity contribution is 7.89. The van der Waals surface area contributed by atoms with Gasteiger partial charge >= 0.3 is 5.97 Å². The molecule has 1 aliphatic rings. The first kappa shape index (κ1) is 15.4. The van der Waals surface area contributed by atoms with Crippen LogP contribution in [0, 0.1) is 23.1 Å². The van der Waals surface area contributed by atoms with E-state index in [9.17, 15) is 17.6 Å². The van der Waals surface area contributed by atoms with Gasteiger partial charge in [0.25, 0.3) is 0 Å². The fraction of sp³-hybridized carbons (Fsp3) is 0.385. The van der Waals surface area contributed by atoms with E-state index in [-0.39, 0.29) is 13.1 Å². The third-order valence-corrected chi connectivity index (χ3v) is 5.35. The van der Waals surface area contributed by atoms with Gasteiger partial charge < -0.3 is 5.11 Å². The summed E-state index contributed by atoms with van der Waals surface area (Å²) in [6, 6.07) is 4.92. The maximum Gasteiger partial charge on any atom is 0.307 e. The topological polar surface area (TPSA) is 98.5 Å². The van der Waals surface area contributed by atoms with Crippen LogP contribution < -0.4 is 0 Å². The Morgan fingerprint density at radius 2 is 2.19 bits per heavy atom. The number of hydrogen-bond donors (Lipinski definition) is 1. The number of carboxylic acids is 1. The lowest BCUT2D eigenvalue weighted by Crippen LogP contribution is -2.42. The third-order valence-electron chi connectivity index (χ3n) is 3.44. The Morgan fingerprint density at radius 1 is 1.48 bits per heavy atom. The zero-order chi connectivity index (χ0) is 15.6. The number of nitrogens with zero attached hydrogens (tertiary/aromatic N) is 2. The predicted octanol–water partition coefficient (Wildman–Crippen LogP) is 1.18. The Hall–Kier alpha value is -1.98. The van der Waals surface area contributed by atoms with Gasteiger partial charge in [-0.2, -0.15) is 9.57 Å². The van der Waals surface area contributed by atoms with E-state index in [0.717, 1.165) is 16.4 Å². The highest BCUT2D eigenvalue weighted by Crippen LogP contribution is 2.26. The molecule has 2 rings (SSSR count). The lowest BCUT2D eigenvalue weighted by molar-refractivity contribution is -0.142. The molecule has 1 unspecified atom stereocenters. The molecule has 1 fully saturated rings. The van der Waals surface area contributed by atoms with Gasteiger partial charge in [0.05, 0.1) is 5.92 Å². The van der Waals surface area contributed by atoms with E-state index in [1.54, 1.807) is 6.07 Å². The number of carbonyl (C=O) groups is 1. The molecule has 0 radical (unpaired) electrons. The second-order valence-electron chi connectivity index (χ2n) is 4.77. The van der Waals surface area contributed by atoms with Crippen molar-refractivity contribution in [2.75, 3.05) is 13.1 Å². The number of benzene rings is 1. The number of aliphatic carboxylic acids is 1. The molecular formula is C13H13FN2O4S. The molecule has 0 spiro atoms. The molecule has 0 aliphatic carbocycles. The van der Waals surface area contributed by atoms with Crippen molar-refractivity contribution in [3.63, 3.8) is 0 Å². The number of piperidine rings is 1. The molecule has 0 saturated carbocycles. The van der Waals surface area contributed by atoms with Crippen molar-refractivity contribution >= 4 is 16.0 Å². The Morgan fingerprint density at radius 3 is 2.81 bits per heavy atom.